The summed E-state index contributed by atoms with van der Waals surface area (Å²) >= 11 is 6.77. The van der Waals surface area contributed by atoms with E-state index >= 15 is 0 Å². The number of ether oxygens (including phenoxy) is 1. The Balaban J connectivity index is 2.52. The minimum absolute atomic E-state index is 0.0101. The zero-order valence-corrected chi connectivity index (χ0v) is 14.1. The molecular weight excluding hydrogens is 394 g/mol. The van der Waals surface area contributed by atoms with Gasteiger partial charge in [0.1, 0.15) is 17.4 Å². The summed E-state index contributed by atoms with van der Waals surface area (Å²) < 4.78 is 33.9. The van der Waals surface area contributed by atoms with E-state index in [0.29, 0.717) is 11.3 Å². The van der Waals surface area contributed by atoms with Crippen LogP contribution in [0, 0.1) is 18.6 Å². The maximum absolute atomic E-state index is 14.2. The molecule has 0 aliphatic carbocycles. The SMILES string of the molecule is COc1ccc(C(Br)c2c(F)ccc(C)c2F)c(Br)c1. The minimum atomic E-state index is -0.581. The fourth-order valence-electron chi connectivity index (χ4n) is 1.91. The van der Waals surface area contributed by atoms with Gasteiger partial charge >= 0.3 is 0 Å². The third kappa shape index (κ3) is 2.88. The topological polar surface area (TPSA) is 9.23 Å². The van der Waals surface area contributed by atoms with Gasteiger partial charge in [0.05, 0.1) is 11.9 Å². The minimum Gasteiger partial charge on any atom is -0.497 e. The van der Waals surface area contributed by atoms with Crippen LogP contribution in [0.1, 0.15) is 21.5 Å². The highest BCUT2D eigenvalue weighted by atomic mass is 79.9. The molecule has 0 radical (unpaired) electrons. The quantitative estimate of drug-likeness (QED) is 0.610. The van der Waals surface area contributed by atoms with Gasteiger partial charge in [-0.05, 0) is 36.2 Å². The first-order chi connectivity index (χ1) is 9.45. The molecule has 106 valence electrons. The van der Waals surface area contributed by atoms with Crippen LogP contribution in [0.5, 0.6) is 5.75 Å². The van der Waals surface area contributed by atoms with Crippen molar-refractivity contribution in [2.75, 3.05) is 7.11 Å². The third-order valence-electron chi connectivity index (χ3n) is 3.05. The molecule has 0 spiro atoms. The van der Waals surface area contributed by atoms with Crippen LogP contribution in [-0.2, 0) is 0 Å². The molecule has 2 aromatic rings. The number of alkyl halides is 1. The first-order valence-corrected chi connectivity index (χ1v) is 7.58. The summed E-state index contributed by atoms with van der Waals surface area (Å²) in [5, 5.41) is 0. The average molecular weight is 406 g/mol. The third-order valence-corrected chi connectivity index (χ3v) is 4.69. The van der Waals surface area contributed by atoms with Crippen LogP contribution < -0.4 is 4.74 Å². The van der Waals surface area contributed by atoms with Crippen molar-refractivity contribution >= 4 is 31.9 Å². The van der Waals surface area contributed by atoms with Crippen molar-refractivity contribution in [3.05, 3.63) is 63.1 Å². The van der Waals surface area contributed by atoms with Crippen LogP contribution in [0.15, 0.2) is 34.8 Å². The zero-order valence-electron chi connectivity index (χ0n) is 10.9. The van der Waals surface area contributed by atoms with Crippen molar-refractivity contribution in [1.82, 2.24) is 0 Å². The maximum Gasteiger partial charge on any atom is 0.133 e. The Bertz CT molecular complexity index is 644. The molecule has 20 heavy (non-hydrogen) atoms. The van der Waals surface area contributed by atoms with Crippen molar-refractivity contribution < 1.29 is 13.5 Å². The molecule has 0 amide bonds. The Morgan fingerprint density at radius 1 is 1.15 bits per heavy atom. The molecule has 2 rings (SSSR count). The molecule has 1 nitrogen and oxygen atoms in total. The van der Waals surface area contributed by atoms with Gasteiger partial charge in [0.25, 0.3) is 0 Å². The Morgan fingerprint density at radius 3 is 2.45 bits per heavy atom. The molecular formula is C15H12Br2F2O. The van der Waals surface area contributed by atoms with Crippen LogP contribution >= 0.6 is 31.9 Å². The number of aryl methyl sites for hydroxylation is 1. The van der Waals surface area contributed by atoms with E-state index in [-0.39, 0.29) is 5.56 Å². The van der Waals surface area contributed by atoms with Gasteiger partial charge in [0.15, 0.2) is 0 Å². The molecule has 0 heterocycles. The lowest BCUT2D eigenvalue weighted by molar-refractivity contribution is 0.414. The van der Waals surface area contributed by atoms with Crippen LogP contribution in [0.25, 0.3) is 0 Å². The van der Waals surface area contributed by atoms with Crippen molar-refractivity contribution in [2.45, 2.75) is 11.8 Å². The zero-order chi connectivity index (χ0) is 14.9. The second-order valence-corrected chi connectivity index (χ2v) is 6.11. The largest absolute Gasteiger partial charge is 0.497 e. The van der Waals surface area contributed by atoms with E-state index in [9.17, 15) is 8.78 Å². The van der Waals surface area contributed by atoms with Crippen LogP contribution in [-0.4, -0.2) is 7.11 Å². The molecule has 5 heteroatoms. The first-order valence-electron chi connectivity index (χ1n) is 5.87. The molecule has 0 aromatic heterocycles. The normalized spacial score (nSPS) is 12.3. The first kappa shape index (κ1) is 15.4. The van der Waals surface area contributed by atoms with E-state index in [1.54, 1.807) is 32.2 Å². The highest BCUT2D eigenvalue weighted by Crippen LogP contribution is 2.39. The van der Waals surface area contributed by atoms with Gasteiger partial charge in [0, 0.05) is 10.0 Å². The Morgan fingerprint density at radius 2 is 1.85 bits per heavy atom. The number of methoxy groups -OCH3 is 1. The lowest BCUT2D eigenvalue weighted by Gasteiger charge is -2.16. The average Bonchev–Trinajstić information content (AvgIpc) is 2.43. The van der Waals surface area contributed by atoms with Crippen molar-refractivity contribution in [1.29, 1.82) is 0 Å². The molecule has 0 saturated carbocycles. The predicted octanol–water partition coefficient (Wildman–Crippen LogP) is 5.53. The number of rotatable bonds is 3. The maximum atomic E-state index is 14.2. The Labute approximate surface area is 133 Å². The van der Waals surface area contributed by atoms with E-state index in [2.05, 4.69) is 31.9 Å². The van der Waals surface area contributed by atoms with Crippen LogP contribution in [0.2, 0.25) is 0 Å². The van der Waals surface area contributed by atoms with E-state index in [1.807, 2.05) is 0 Å². The molecule has 2 aromatic carbocycles. The fourth-order valence-corrected chi connectivity index (χ4v) is 3.62. The summed E-state index contributed by atoms with van der Waals surface area (Å²) in [5.41, 5.74) is 1.15. The van der Waals surface area contributed by atoms with Gasteiger partial charge < -0.3 is 4.74 Å². The molecule has 0 aliphatic heterocycles. The highest BCUT2D eigenvalue weighted by molar-refractivity contribution is 9.11. The number of benzene rings is 2. The molecule has 0 fully saturated rings. The lowest BCUT2D eigenvalue weighted by atomic mass is 10.0. The van der Waals surface area contributed by atoms with E-state index in [4.69, 9.17) is 4.74 Å². The summed E-state index contributed by atoms with van der Waals surface area (Å²) in [6, 6.07) is 7.98. The van der Waals surface area contributed by atoms with Crippen molar-refractivity contribution in [3.8, 4) is 5.75 Å². The molecule has 1 unspecified atom stereocenters. The van der Waals surface area contributed by atoms with Gasteiger partial charge in [0.2, 0.25) is 0 Å². The Kier molecular flexibility index (Phi) is 4.81. The summed E-state index contributed by atoms with van der Waals surface area (Å²) in [7, 11) is 1.56. The summed E-state index contributed by atoms with van der Waals surface area (Å²) in [5.74, 6) is -0.433. The highest BCUT2D eigenvalue weighted by Gasteiger charge is 2.22. The van der Waals surface area contributed by atoms with Crippen LogP contribution in [0.4, 0.5) is 8.78 Å². The second kappa shape index (κ2) is 6.22. The van der Waals surface area contributed by atoms with Crippen molar-refractivity contribution in [2.24, 2.45) is 0 Å². The fraction of sp³-hybridized carbons (Fsp3) is 0.200. The number of halogens is 4. The van der Waals surface area contributed by atoms with E-state index < -0.39 is 16.5 Å². The summed E-state index contributed by atoms with van der Waals surface area (Å²) in [4.78, 5) is -0.581. The summed E-state index contributed by atoms with van der Waals surface area (Å²) in [6.07, 6.45) is 0. The standard InChI is InChI=1S/C15H12Br2F2O/c1-8-3-6-12(18)13(15(8)19)14(17)10-5-4-9(20-2)7-11(10)16/h3-7,14H,1-2H3. The second-order valence-electron chi connectivity index (χ2n) is 4.34. The van der Waals surface area contributed by atoms with Gasteiger partial charge in [-0.3, -0.25) is 0 Å². The Hall–Kier alpha value is -0.940. The smallest absolute Gasteiger partial charge is 0.133 e. The monoisotopic (exact) mass is 404 g/mol. The van der Waals surface area contributed by atoms with Gasteiger partial charge in [-0.15, -0.1) is 0 Å². The molecule has 0 bridgehead atoms. The van der Waals surface area contributed by atoms with E-state index in [1.165, 1.54) is 12.1 Å². The van der Waals surface area contributed by atoms with Gasteiger partial charge in [-0.2, -0.15) is 0 Å². The van der Waals surface area contributed by atoms with Crippen LogP contribution in [0.3, 0.4) is 0 Å². The molecule has 1 atom stereocenters. The molecule has 0 saturated heterocycles. The number of hydrogen-bond acceptors (Lipinski definition) is 1. The van der Waals surface area contributed by atoms with Crippen molar-refractivity contribution in [3.63, 3.8) is 0 Å². The lowest BCUT2D eigenvalue weighted by Crippen LogP contribution is -2.03. The predicted molar refractivity (Wildman–Crippen MR) is 82.6 cm³/mol. The number of hydrogen-bond donors (Lipinski definition) is 0. The summed E-state index contributed by atoms with van der Waals surface area (Å²) in [6.45, 7) is 1.61. The van der Waals surface area contributed by atoms with Gasteiger partial charge in [-0.1, -0.05) is 44.0 Å². The molecule has 0 N–H and O–H groups in total. The molecule has 0 aliphatic rings. The van der Waals surface area contributed by atoms with Gasteiger partial charge in [-0.25, -0.2) is 8.78 Å². The van der Waals surface area contributed by atoms with E-state index in [0.717, 1.165) is 10.0 Å².